The van der Waals surface area contributed by atoms with Gasteiger partial charge in [-0.3, -0.25) is 13.9 Å². The summed E-state index contributed by atoms with van der Waals surface area (Å²) in [4.78, 5) is 29.2. The zero-order valence-corrected chi connectivity index (χ0v) is 25.8. The van der Waals surface area contributed by atoms with Gasteiger partial charge in [0.25, 0.3) is 0 Å². The zero-order valence-electron chi connectivity index (χ0n) is 22.7. The maximum Gasteiger partial charge on any atom is 0.244 e. The molecule has 0 spiro atoms. The fourth-order valence-electron chi connectivity index (χ4n) is 4.09. The average molecular weight is 625 g/mol. The molecule has 3 aromatic carbocycles. The van der Waals surface area contributed by atoms with Crippen LogP contribution in [0.3, 0.4) is 0 Å². The second-order valence-electron chi connectivity index (χ2n) is 10.5. The second-order valence-corrected chi connectivity index (χ2v) is 13.7. The van der Waals surface area contributed by atoms with E-state index in [9.17, 15) is 18.0 Å². The van der Waals surface area contributed by atoms with Crippen molar-refractivity contribution < 1.29 is 18.0 Å². The van der Waals surface area contributed by atoms with Crippen molar-refractivity contribution in [3.63, 3.8) is 0 Å². The summed E-state index contributed by atoms with van der Waals surface area (Å²) in [7, 11) is -3.94. The van der Waals surface area contributed by atoms with E-state index in [1.54, 1.807) is 24.3 Å². The molecule has 11 heteroatoms. The first-order valence-corrected chi connectivity index (χ1v) is 15.4. The van der Waals surface area contributed by atoms with Gasteiger partial charge in [0.05, 0.1) is 11.9 Å². The van der Waals surface area contributed by atoms with Crippen LogP contribution in [0.2, 0.25) is 15.1 Å². The van der Waals surface area contributed by atoms with Crippen molar-refractivity contribution in [2.24, 2.45) is 0 Å². The van der Waals surface area contributed by atoms with Crippen LogP contribution in [-0.2, 0) is 32.6 Å². The van der Waals surface area contributed by atoms with Crippen LogP contribution in [0, 0.1) is 0 Å². The minimum Gasteiger partial charge on any atom is -0.350 e. The molecule has 2 amide bonds. The third-order valence-electron chi connectivity index (χ3n) is 5.85. The number of benzene rings is 3. The summed E-state index contributed by atoms with van der Waals surface area (Å²) >= 11 is 18.4. The first-order valence-electron chi connectivity index (χ1n) is 12.5. The quantitative estimate of drug-likeness (QED) is 0.301. The van der Waals surface area contributed by atoms with Gasteiger partial charge in [-0.1, -0.05) is 77.3 Å². The van der Waals surface area contributed by atoms with Gasteiger partial charge < -0.3 is 10.2 Å². The number of halogens is 3. The molecule has 1 atom stereocenters. The topological polar surface area (TPSA) is 86.8 Å². The first-order chi connectivity index (χ1) is 18.6. The van der Waals surface area contributed by atoms with Gasteiger partial charge >= 0.3 is 0 Å². The molecular weight excluding hydrogens is 593 g/mol. The molecule has 0 heterocycles. The van der Waals surface area contributed by atoms with Crippen LogP contribution in [0.4, 0.5) is 5.69 Å². The molecule has 0 fully saturated rings. The summed E-state index contributed by atoms with van der Waals surface area (Å²) in [5.74, 6) is -0.947. The lowest BCUT2D eigenvalue weighted by molar-refractivity contribution is -0.140. The molecule has 0 aliphatic carbocycles. The molecule has 3 rings (SSSR count). The Morgan fingerprint density at radius 2 is 1.43 bits per heavy atom. The van der Waals surface area contributed by atoms with Crippen molar-refractivity contribution in [3.8, 4) is 0 Å². The van der Waals surface area contributed by atoms with E-state index in [-0.39, 0.29) is 34.6 Å². The number of sulfonamides is 1. The minimum atomic E-state index is -3.94. The predicted molar refractivity (Wildman–Crippen MR) is 162 cm³/mol. The number of amides is 2. The molecule has 0 aliphatic rings. The number of carbonyl (C=O) groups is 2. The lowest BCUT2D eigenvalue weighted by Crippen LogP contribution is -2.56. The van der Waals surface area contributed by atoms with Gasteiger partial charge in [0.1, 0.15) is 12.6 Å². The van der Waals surface area contributed by atoms with Crippen LogP contribution < -0.4 is 9.62 Å². The third kappa shape index (κ3) is 9.41. The Kier molecular flexibility index (Phi) is 10.5. The standard InChI is InChI=1S/C29H32Cl3N3O4S/c1-29(2,3)33-28(37)26(14-20-8-6-5-7-9-20)34(18-21-10-12-22(30)13-11-21)27(36)19-35(40(4,38)39)25-16-23(31)15-24(32)17-25/h5-13,15-17,26H,14,18-19H2,1-4H3,(H,33,37)/t26-/m0/s1. The Balaban J connectivity index is 2.08. The van der Waals surface area contributed by atoms with Crippen LogP contribution in [0.15, 0.2) is 72.8 Å². The highest BCUT2D eigenvalue weighted by Crippen LogP contribution is 2.28. The van der Waals surface area contributed by atoms with E-state index < -0.39 is 34.1 Å². The van der Waals surface area contributed by atoms with Crippen molar-refractivity contribution in [1.82, 2.24) is 10.2 Å². The van der Waals surface area contributed by atoms with Gasteiger partial charge in [-0.15, -0.1) is 0 Å². The Bertz CT molecular complexity index is 1420. The number of hydrogen-bond donors (Lipinski definition) is 1. The fourth-order valence-corrected chi connectivity index (χ4v) is 5.56. The molecule has 1 N–H and O–H groups in total. The second kappa shape index (κ2) is 13.3. The van der Waals surface area contributed by atoms with Gasteiger partial charge in [0.2, 0.25) is 21.8 Å². The molecule has 0 unspecified atom stereocenters. The van der Waals surface area contributed by atoms with E-state index in [1.807, 2.05) is 51.1 Å². The maximum atomic E-state index is 14.1. The third-order valence-corrected chi connectivity index (χ3v) is 7.68. The molecule has 0 radical (unpaired) electrons. The maximum absolute atomic E-state index is 14.1. The van der Waals surface area contributed by atoms with Crippen LogP contribution in [0.25, 0.3) is 0 Å². The highest BCUT2D eigenvalue weighted by Gasteiger charge is 2.34. The van der Waals surface area contributed by atoms with Crippen molar-refractivity contribution in [2.45, 2.75) is 45.3 Å². The molecule has 0 saturated carbocycles. The first kappa shape index (κ1) is 31.7. The van der Waals surface area contributed by atoms with Crippen LogP contribution in [-0.4, -0.2) is 49.5 Å². The Hall–Kier alpha value is -2.78. The molecule has 7 nitrogen and oxygen atoms in total. The van der Waals surface area contributed by atoms with Crippen molar-refractivity contribution in [2.75, 3.05) is 17.1 Å². The molecule has 0 aliphatic heterocycles. The number of rotatable bonds is 10. The summed E-state index contributed by atoms with van der Waals surface area (Å²) in [5.41, 5.74) is 1.12. The largest absolute Gasteiger partial charge is 0.350 e. The van der Waals surface area contributed by atoms with Crippen LogP contribution >= 0.6 is 34.8 Å². The highest BCUT2D eigenvalue weighted by atomic mass is 35.5. The molecular formula is C29H32Cl3N3O4S. The van der Waals surface area contributed by atoms with Crippen molar-refractivity contribution in [3.05, 3.63) is 99.0 Å². The molecule has 3 aromatic rings. The summed E-state index contributed by atoms with van der Waals surface area (Å²) in [5, 5.41) is 3.93. The minimum absolute atomic E-state index is 0.0406. The lowest BCUT2D eigenvalue weighted by Gasteiger charge is -2.35. The Labute approximate surface area is 251 Å². The molecule has 0 saturated heterocycles. The number of nitrogens with zero attached hydrogens (tertiary/aromatic N) is 2. The van der Waals surface area contributed by atoms with Crippen LogP contribution in [0.5, 0.6) is 0 Å². The normalized spacial score (nSPS) is 12.5. The number of carbonyl (C=O) groups excluding carboxylic acids is 2. The Morgan fingerprint density at radius 1 is 0.850 bits per heavy atom. The number of anilines is 1. The van der Waals surface area contributed by atoms with Crippen molar-refractivity contribution in [1.29, 1.82) is 0 Å². The predicted octanol–water partition coefficient (Wildman–Crippen LogP) is 5.97. The smallest absolute Gasteiger partial charge is 0.244 e. The van der Waals surface area contributed by atoms with Crippen molar-refractivity contribution >= 4 is 62.3 Å². The van der Waals surface area contributed by atoms with E-state index in [1.165, 1.54) is 23.1 Å². The molecule has 0 aromatic heterocycles. The summed E-state index contributed by atoms with van der Waals surface area (Å²) in [6.07, 6.45) is 1.20. The average Bonchev–Trinajstić information content (AvgIpc) is 2.84. The summed E-state index contributed by atoms with van der Waals surface area (Å²) in [6, 6.07) is 19.6. The molecule has 40 heavy (non-hydrogen) atoms. The van der Waals surface area contributed by atoms with Gasteiger partial charge in [-0.25, -0.2) is 8.42 Å². The summed E-state index contributed by atoms with van der Waals surface area (Å²) < 4.78 is 26.7. The van der Waals surface area contributed by atoms with Gasteiger partial charge in [-0.05, 0) is 62.2 Å². The van der Waals surface area contributed by atoms with E-state index in [0.717, 1.165) is 21.7 Å². The summed E-state index contributed by atoms with van der Waals surface area (Å²) in [6.45, 7) is 5.02. The SMILES string of the molecule is CC(C)(C)NC(=O)[C@H](Cc1ccccc1)N(Cc1ccc(Cl)cc1)C(=O)CN(c1cc(Cl)cc(Cl)c1)S(C)(=O)=O. The van der Waals surface area contributed by atoms with E-state index in [2.05, 4.69) is 5.32 Å². The molecule has 0 bridgehead atoms. The van der Waals surface area contributed by atoms with Gasteiger partial charge in [-0.2, -0.15) is 0 Å². The number of hydrogen-bond acceptors (Lipinski definition) is 4. The highest BCUT2D eigenvalue weighted by molar-refractivity contribution is 7.92. The molecule has 214 valence electrons. The van der Waals surface area contributed by atoms with Gasteiger partial charge in [0, 0.05) is 33.6 Å². The fraction of sp³-hybridized carbons (Fsp3) is 0.310. The monoisotopic (exact) mass is 623 g/mol. The van der Waals surface area contributed by atoms with E-state index >= 15 is 0 Å². The Morgan fingerprint density at radius 3 is 1.95 bits per heavy atom. The van der Waals surface area contributed by atoms with E-state index in [0.29, 0.717) is 5.02 Å². The van der Waals surface area contributed by atoms with Gasteiger partial charge in [0.15, 0.2) is 0 Å². The number of nitrogens with one attached hydrogen (secondary N) is 1. The van der Waals surface area contributed by atoms with E-state index in [4.69, 9.17) is 34.8 Å². The van der Waals surface area contributed by atoms with Crippen LogP contribution in [0.1, 0.15) is 31.9 Å². The lowest BCUT2D eigenvalue weighted by atomic mass is 10.0. The zero-order chi connectivity index (χ0) is 29.7.